The molecule has 6 nitrogen and oxygen atoms in total. The molecule has 6 heteroatoms. The van der Waals surface area contributed by atoms with Crippen LogP contribution in [0.4, 0.5) is 0 Å². The Morgan fingerprint density at radius 2 is 2.00 bits per heavy atom. The van der Waals surface area contributed by atoms with Gasteiger partial charge >= 0.3 is 0 Å². The maximum atomic E-state index is 12.5. The highest BCUT2D eigenvalue weighted by Gasteiger charge is 2.17. The summed E-state index contributed by atoms with van der Waals surface area (Å²) >= 11 is 0. The number of nitrogens with one attached hydrogen (secondary N) is 1. The van der Waals surface area contributed by atoms with Gasteiger partial charge in [-0.3, -0.25) is 9.78 Å². The molecule has 2 aromatic heterocycles. The van der Waals surface area contributed by atoms with E-state index in [1.807, 2.05) is 36.4 Å². The van der Waals surface area contributed by atoms with E-state index in [9.17, 15) is 4.79 Å². The number of carbonyl (C=O) groups excluding carboxylic acids is 1. The third kappa shape index (κ3) is 4.53. The van der Waals surface area contributed by atoms with Gasteiger partial charge < -0.3 is 10.1 Å². The second-order valence-corrected chi connectivity index (χ2v) is 6.70. The van der Waals surface area contributed by atoms with Gasteiger partial charge in [0.25, 0.3) is 5.91 Å². The Balaban J connectivity index is 1.95. The molecule has 1 aromatic carbocycles. The van der Waals surface area contributed by atoms with Crippen LogP contribution in [0.5, 0.6) is 5.75 Å². The predicted molar refractivity (Wildman–Crippen MR) is 105 cm³/mol. The first kappa shape index (κ1) is 18.6. The number of nitrogens with zero attached hydrogens (tertiary/aromatic N) is 3. The zero-order valence-corrected chi connectivity index (χ0v) is 15.8. The molecule has 0 spiro atoms. The Hall–Kier alpha value is -3.15. The topological polar surface area (TPSA) is 69.0 Å². The molecule has 3 rings (SSSR count). The smallest absolute Gasteiger partial charge is 0.271 e. The van der Waals surface area contributed by atoms with Crippen molar-refractivity contribution in [3.05, 3.63) is 60.6 Å². The Kier molecular flexibility index (Phi) is 5.86. The molecule has 0 atom stereocenters. The minimum Gasteiger partial charge on any atom is -0.497 e. The van der Waals surface area contributed by atoms with Gasteiger partial charge in [-0.15, -0.1) is 0 Å². The molecule has 0 aliphatic rings. The van der Waals surface area contributed by atoms with Gasteiger partial charge in [0.15, 0.2) is 5.69 Å². The van der Waals surface area contributed by atoms with E-state index in [2.05, 4.69) is 29.2 Å². The average molecular weight is 364 g/mol. The fourth-order valence-corrected chi connectivity index (χ4v) is 2.70. The van der Waals surface area contributed by atoms with Crippen LogP contribution in [0.3, 0.4) is 0 Å². The summed E-state index contributed by atoms with van der Waals surface area (Å²) in [5, 5.41) is 7.49. The molecular weight excluding hydrogens is 340 g/mol. The summed E-state index contributed by atoms with van der Waals surface area (Å²) in [5.41, 5.74) is 2.92. The maximum Gasteiger partial charge on any atom is 0.271 e. The zero-order valence-electron chi connectivity index (χ0n) is 15.8. The van der Waals surface area contributed by atoms with Crippen molar-refractivity contribution in [3.8, 4) is 22.7 Å². The summed E-state index contributed by atoms with van der Waals surface area (Å²) in [4.78, 5) is 16.7. The molecule has 0 saturated heterocycles. The molecule has 0 aliphatic carbocycles. The van der Waals surface area contributed by atoms with E-state index in [4.69, 9.17) is 4.74 Å². The second-order valence-electron chi connectivity index (χ2n) is 6.70. The number of rotatable bonds is 7. The van der Waals surface area contributed by atoms with Crippen LogP contribution >= 0.6 is 0 Å². The van der Waals surface area contributed by atoms with Crippen LogP contribution in [0.15, 0.2) is 54.9 Å². The van der Waals surface area contributed by atoms with Crippen LogP contribution < -0.4 is 10.1 Å². The fraction of sp³-hybridized carbons (Fsp3) is 0.286. The number of hydrogen-bond acceptors (Lipinski definition) is 4. The SMILES string of the molecule is COc1ccc(-n2nc(C(=O)NCCC(C)C)cc2-c2cccnc2)cc1. The maximum absolute atomic E-state index is 12.5. The number of amides is 1. The molecule has 0 fully saturated rings. The van der Waals surface area contributed by atoms with Crippen LogP contribution in [-0.4, -0.2) is 34.3 Å². The van der Waals surface area contributed by atoms with Gasteiger partial charge in [0.05, 0.1) is 18.5 Å². The third-order valence-electron chi connectivity index (χ3n) is 4.22. The molecule has 0 unspecified atom stereocenters. The van der Waals surface area contributed by atoms with E-state index < -0.39 is 0 Å². The fourth-order valence-electron chi connectivity index (χ4n) is 2.70. The largest absolute Gasteiger partial charge is 0.497 e. The van der Waals surface area contributed by atoms with Gasteiger partial charge in [0.2, 0.25) is 0 Å². The van der Waals surface area contributed by atoms with E-state index in [-0.39, 0.29) is 5.91 Å². The van der Waals surface area contributed by atoms with Crippen LogP contribution in [0.1, 0.15) is 30.8 Å². The van der Waals surface area contributed by atoms with E-state index in [1.165, 1.54) is 0 Å². The lowest BCUT2D eigenvalue weighted by Crippen LogP contribution is -2.25. The van der Waals surface area contributed by atoms with Gasteiger partial charge in [-0.25, -0.2) is 4.68 Å². The summed E-state index contributed by atoms with van der Waals surface area (Å²) in [6, 6.07) is 13.2. The minimum absolute atomic E-state index is 0.173. The predicted octanol–water partition coefficient (Wildman–Crippen LogP) is 3.72. The number of hydrogen-bond donors (Lipinski definition) is 1. The van der Waals surface area contributed by atoms with Crippen molar-refractivity contribution >= 4 is 5.91 Å². The Labute approximate surface area is 159 Å². The molecule has 27 heavy (non-hydrogen) atoms. The van der Waals surface area contributed by atoms with Crippen LogP contribution in [0.25, 0.3) is 16.9 Å². The Morgan fingerprint density at radius 1 is 1.22 bits per heavy atom. The van der Waals surface area contributed by atoms with Crippen molar-refractivity contribution in [2.75, 3.05) is 13.7 Å². The number of pyridine rings is 1. The molecular formula is C21H24N4O2. The Morgan fingerprint density at radius 3 is 2.63 bits per heavy atom. The van der Waals surface area contributed by atoms with Crippen LogP contribution in [-0.2, 0) is 0 Å². The molecule has 1 amide bonds. The van der Waals surface area contributed by atoms with Crippen LogP contribution in [0.2, 0.25) is 0 Å². The van der Waals surface area contributed by atoms with Gasteiger partial charge in [-0.1, -0.05) is 13.8 Å². The van der Waals surface area contributed by atoms with Gasteiger partial charge in [0.1, 0.15) is 5.75 Å². The second kappa shape index (κ2) is 8.49. The first-order chi connectivity index (χ1) is 13.1. The molecule has 0 saturated carbocycles. The highest BCUT2D eigenvalue weighted by molar-refractivity contribution is 5.93. The molecule has 3 aromatic rings. The molecule has 0 bridgehead atoms. The highest BCUT2D eigenvalue weighted by Crippen LogP contribution is 2.24. The quantitative estimate of drug-likeness (QED) is 0.694. The first-order valence-electron chi connectivity index (χ1n) is 9.01. The van der Waals surface area contributed by atoms with E-state index in [0.29, 0.717) is 18.2 Å². The molecule has 0 aliphatic heterocycles. The van der Waals surface area contributed by atoms with Crippen LogP contribution in [0, 0.1) is 5.92 Å². The summed E-state index contributed by atoms with van der Waals surface area (Å²) in [5.74, 6) is 1.13. The van der Waals surface area contributed by atoms with Crippen molar-refractivity contribution < 1.29 is 9.53 Å². The van der Waals surface area contributed by atoms with Crippen molar-refractivity contribution in [2.45, 2.75) is 20.3 Å². The minimum atomic E-state index is -0.173. The van der Waals surface area contributed by atoms with E-state index in [0.717, 1.165) is 29.1 Å². The number of benzene rings is 1. The van der Waals surface area contributed by atoms with E-state index >= 15 is 0 Å². The third-order valence-corrected chi connectivity index (χ3v) is 4.22. The van der Waals surface area contributed by atoms with Crippen molar-refractivity contribution in [3.63, 3.8) is 0 Å². The van der Waals surface area contributed by atoms with Crippen molar-refractivity contribution in [1.82, 2.24) is 20.1 Å². The monoisotopic (exact) mass is 364 g/mol. The van der Waals surface area contributed by atoms with Gasteiger partial charge in [-0.05, 0) is 54.8 Å². The summed E-state index contributed by atoms with van der Waals surface area (Å²) in [6.45, 7) is 4.89. The average Bonchev–Trinajstić information content (AvgIpc) is 3.14. The lowest BCUT2D eigenvalue weighted by molar-refractivity contribution is 0.0946. The Bertz CT molecular complexity index is 886. The zero-order chi connectivity index (χ0) is 19.2. The van der Waals surface area contributed by atoms with Crippen molar-refractivity contribution in [2.24, 2.45) is 5.92 Å². The van der Waals surface area contributed by atoms with Gasteiger partial charge in [0, 0.05) is 24.5 Å². The number of aromatic nitrogens is 3. The normalized spacial score (nSPS) is 10.8. The lowest BCUT2D eigenvalue weighted by atomic mass is 10.1. The van der Waals surface area contributed by atoms with Gasteiger partial charge in [-0.2, -0.15) is 5.10 Å². The number of methoxy groups -OCH3 is 1. The van der Waals surface area contributed by atoms with Crippen molar-refractivity contribution in [1.29, 1.82) is 0 Å². The number of carbonyl (C=O) groups is 1. The standard InChI is InChI=1S/C21H24N4O2/c1-15(2)10-12-23-21(26)19-13-20(16-5-4-11-22-14-16)25(24-19)17-6-8-18(27-3)9-7-17/h4-9,11,13-15H,10,12H2,1-3H3,(H,23,26). The summed E-state index contributed by atoms with van der Waals surface area (Å²) in [6.07, 6.45) is 4.41. The molecule has 0 radical (unpaired) electrons. The molecule has 1 N–H and O–H groups in total. The molecule has 140 valence electrons. The summed E-state index contributed by atoms with van der Waals surface area (Å²) in [7, 11) is 1.63. The lowest BCUT2D eigenvalue weighted by Gasteiger charge is -2.08. The summed E-state index contributed by atoms with van der Waals surface area (Å²) < 4.78 is 6.98. The number of ether oxygens (including phenoxy) is 1. The molecule has 2 heterocycles. The first-order valence-corrected chi connectivity index (χ1v) is 9.01. The highest BCUT2D eigenvalue weighted by atomic mass is 16.5. The van der Waals surface area contributed by atoms with E-state index in [1.54, 1.807) is 30.3 Å².